The van der Waals surface area contributed by atoms with Gasteiger partial charge in [-0.15, -0.1) is 0 Å². The van der Waals surface area contributed by atoms with Gasteiger partial charge in [-0.3, -0.25) is 9.80 Å². The third-order valence-corrected chi connectivity index (χ3v) is 9.13. The SMILES string of the molecule is Cc1[nH]c(-c2ccccc2)nc1C(C(C)C)N1CCN(C(c2cccc(C(C)(C)C)c2)c2cccc(C(C)(C)C)c2)CC1. The van der Waals surface area contributed by atoms with Crippen LogP contribution in [0.5, 0.6) is 0 Å². The average molecular weight is 577 g/mol. The van der Waals surface area contributed by atoms with Crippen molar-refractivity contribution in [1.29, 1.82) is 0 Å². The zero-order chi connectivity index (χ0) is 30.9. The fourth-order valence-corrected chi connectivity index (χ4v) is 6.64. The van der Waals surface area contributed by atoms with Crippen molar-refractivity contribution in [2.45, 2.75) is 85.2 Å². The van der Waals surface area contributed by atoms with Gasteiger partial charge >= 0.3 is 0 Å². The Morgan fingerprint density at radius 2 is 1.19 bits per heavy atom. The third-order valence-electron chi connectivity index (χ3n) is 9.13. The lowest BCUT2D eigenvalue weighted by Crippen LogP contribution is -2.50. The Kier molecular flexibility index (Phi) is 9.02. The molecule has 0 aliphatic carbocycles. The van der Waals surface area contributed by atoms with E-state index < -0.39 is 0 Å². The van der Waals surface area contributed by atoms with Gasteiger partial charge in [0.05, 0.1) is 17.8 Å². The van der Waals surface area contributed by atoms with E-state index in [0.29, 0.717) is 5.92 Å². The summed E-state index contributed by atoms with van der Waals surface area (Å²) in [5.74, 6) is 1.43. The van der Waals surface area contributed by atoms with Crippen LogP contribution < -0.4 is 0 Å². The number of imidazole rings is 1. The van der Waals surface area contributed by atoms with Gasteiger partial charge in [0.25, 0.3) is 0 Å². The van der Waals surface area contributed by atoms with Crippen LogP contribution in [0.4, 0.5) is 0 Å². The molecule has 2 heterocycles. The van der Waals surface area contributed by atoms with E-state index in [1.807, 2.05) is 0 Å². The molecule has 0 saturated carbocycles. The highest BCUT2D eigenvalue weighted by Gasteiger charge is 2.34. The highest BCUT2D eigenvalue weighted by Crippen LogP contribution is 2.37. The molecule has 5 rings (SSSR count). The van der Waals surface area contributed by atoms with E-state index in [2.05, 4.69) is 156 Å². The maximum atomic E-state index is 5.18. The Morgan fingerprint density at radius 1 is 0.674 bits per heavy atom. The van der Waals surface area contributed by atoms with Gasteiger partial charge in [0, 0.05) is 37.4 Å². The van der Waals surface area contributed by atoms with Crippen LogP contribution >= 0.6 is 0 Å². The molecule has 3 aromatic carbocycles. The van der Waals surface area contributed by atoms with Crippen LogP contribution in [0.3, 0.4) is 0 Å². The number of hydrogen-bond donors (Lipinski definition) is 1. The number of hydrogen-bond acceptors (Lipinski definition) is 3. The van der Waals surface area contributed by atoms with Crippen LogP contribution in [0.25, 0.3) is 11.4 Å². The number of aromatic nitrogens is 2. The minimum Gasteiger partial charge on any atom is -0.342 e. The predicted octanol–water partition coefficient (Wildman–Crippen LogP) is 9.08. The average Bonchev–Trinajstić information content (AvgIpc) is 3.35. The molecule has 0 spiro atoms. The first kappa shape index (κ1) is 31.2. The molecule has 4 heteroatoms. The first-order valence-corrected chi connectivity index (χ1v) is 16.1. The molecule has 1 fully saturated rings. The summed E-state index contributed by atoms with van der Waals surface area (Å²) in [5, 5.41) is 0. The fourth-order valence-electron chi connectivity index (χ4n) is 6.64. The van der Waals surface area contributed by atoms with Crippen molar-refractivity contribution in [3.05, 3.63) is 113 Å². The molecule has 0 amide bonds. The predicted molar refractivity (Wildman–Crippen MR) is 182 cm³/mol. The number of H-pyrrole nitrogens is 1. The molecule has 43 heavy (non-hydrogen) atoms. The van der Waals surface area contributed by atoms with Gasteiger partial charge < -0.3 is 4.98 Å². The van der Waals surface area contributed by atoms with E-state index >= 15 is 0 Å². The maximum Gasteiger partial charge on any atom is 0.137 e. The highest BCUT2D eigenvalue weighted by atomic mass is 15.3. The Bertz CT molecular complexity index is 1440. The maximum absolute atomic E-state index is 5.18. The van der Waals surface area contributed by atoms with E-state index in [1.54, 1.807) is 0 Å². The lowest BCUT2D eigenvalue weighted by Gasteiger charge is -2.43. The Balaban J connectivity index is 1.44. The van der Waals surface area contributed by atoms with E-state index in [9.17, 15) is 0 Å². The number of piperazine rings is 1. The summed E-state index contributed by atoms with van der Waals surface area (Å²) in [4.78, 5) is 14.2. The highest BCUT2D eigenvalue weighted by molar-refractivity contribution is 5.55. The van der Waals surface area contributed by atoms with Crippen molar-refractivity contribution in [2.75, 3.05) is 26.2 Å². The normalized spacial score (nSPS) is 16.3. The number of rotatable bonds is 7. The van der Waals surface area contributed by atoms with Crippen LogP contribution in [0.2, 0.25) is 0 Å². The third kappa shape index (κ3) is 6.97. The quantitative estimate of drug-likeness (QED) is 0.238. The van der Waals surface area contributed by atoms with Gasteiger partial charge in [0.1, 0.15) is 5.82 Å². The van der Waals surface area contributed by atoms with Crippen molar-refractivity contribution in [1.82, 2.24) is 19.8 Å². The molecule has 1 N–H and O–H groups in total. The summed E-state index contributed by atoms with van der Waals surface area (Å²) in [6, 6.07) is 29.7. The molecule has 228 valence electrons. The second-order valence-corrected chi connectivity index (χ2v) is 14.9. The summed E-state index contributed by atoms with van der Waals surface area (Å²) < 4.78 is 0. The van der Waals surface area contributed by atoms with E-state index in [1.165, 1.54) is 33.6 Å². The lowest BCUT2D eigenvalue weighted by atomic mass is 9.82. The molecule has 4 aromatic rings. The molecule has 1 aromatic heterocycles. The zero-order valence-corrected chi connectivity index (χ0v) is 27.9. The van der Waals surface area contributed by atoms with Crippen molar-refractivity contribution >= 4 is 0 Å². The molecule has 1 atom stereocenters. The van der Waals surface area contributed by atoms with Crippen molar-refractivity contribution in [3.8, 4) is 11.4 Å². The van der Waals surface area contributed by atoms with Crippen LogP contribution in [0.15, 0.2) is 78.9 Å². The monoisotopic (exact) mass is 576 g/mol. The van der Waals surface area contributed by atoms with Crippen molar-refractivity contribution < 1.29 is 0 Å². The molecular formula is C39H52N4. The molecule has 4 nitrogen and oxygen atoms in total. The Morgan fingerprint density at radius 3 is 1.67 bits per heavy atom. The van der Waals surface area contributed by atoms with Crippen LogP contribution in [0.1, 0.15) is 101 Å². The van der Waals surface area contributed by atoms with Gasteiger partial charge in [0.15, 0.2) is 0 Å². The van der Waals surface area contributed by atoms with Crippen LogP contribution in [0, 0.1) is 12.8 Å². The second-order valence-electron chi connectivity index (χ2n) is 14.9. The van der Waals surface area contributed by atoms with Crippen LogP contribution in [-0.2, 0) is 10.8 Å². The Labute approximate surface area is 260 Å². The number of nitrogens with one attached hydrogen (secondary N) is 1. The summed E-state index contributed by atoms with van der Waals surface area (Å²) in [6.07, 6.45) is 0. The molecule has 0 bridgehead atoms. The minimum absolute atomic E-state index is 0.108. The zero-order valence-electron chi connectivity index (χ0n) is 27.9. The van der Waals surface area contributed by atoms with Crippen molar-refractivity contribution in [3.63, 3.8) is 0 Å². The largest absolute Gasteiger partial charge is 0.342 e. The molecule has 1 unspecified atom stereocenters. The van der Waals surface area contributed by atoms with E-state index in [-0.39, 0.29) is 22.9 Å². The van der Waals surface area contributed by atoms with E-state index in [0.717, 1.165) is 37.6 Å². The standard InChI is InChI=1S/C39H52N4/c1-27(2)35(34-28(3)40-37(41-34)29-15-11-10-12-16-29)42-21-23-43(24-22-42)36(30-17-13-19-32(25-30)38(4,5)6)31-18-14-20-33(26-31)39(7,8)9/h10-20,25-27,35-36H,21-24H2,1-9H3,(H,40,41). The van der Waals surface area contributed by atoms with Crippen molar-refractivity contribution in [2.24, 2.45) is 5.92 Å². The van der Waals surface area contributed by atoms with Crippen LogP contribution in [-0.4, -0.2) is 45.9 Å². The molecule has 1 aliphatic heterocycles. The molecule has 0 radical (unpaired) electrons. The van der Waals surface area contributed by atoms with Gasteiger partial charge in [-0.25, -0.2) is 4.98 Å². The number of benzene rings is 3. The summed E-state index contributed by atoms with van der Waals surface area (Å²) in [5.41, 5.74) is 9.29. The first-order valence-electron chi connectivity index (χ1n) is 16.1. The minimum atomic E-state index is 0.108. The smallest absolute Gasteiger partial charge is 0.137 e. The number of nitrogens with zero attached hydrogens (tertiary/aromatic N) is 3. The molecular weight excluding hydrogens is 524 g/mol. The topological polar surface area (TPSA) is 35.2 Å². The van der Waals surface area contributed by atoms with Gasteiger partial charge in [-0.1, -0.05) is 134 Å². The summed E-state index contributed by atoms with van der Waals surface area (Å²) in [6.45, 7) is 24.8. The van der Waals surface area contributed by atoms with E-state index in [4.69, 9.17) is 4.98 Å². The van der Waals surface area contributed by atoms with Gasteiger partial charge in [-0.05, 0) is 45.9 Å². The lowest BCUT2D eigenvalue weighted by molar-refractivity contribution is 0.0598. The second kappa shape index (κ2) is 12.4. The summed E-state index contributed by atoms with van der Waals surface area (Å²) >= 11 is 0. The fraction of sp³-hybridized carbons (Fsp3) is 0.462. The van der Waals surface area contributed by atoms with Gasteiger partial charge in [-0.2, -0.15) is 0 Å². The van der Waals surface area contributed by atoms with Gasteiger partial charge in [0.2, 0.25) is 0 Å². The molecule has 1 saturated heterocycles. The Hall–Kier alpha value is -3.21. The summed E-state index contributed by atoms with van der Waals surface area (Å²) in [7, 11) is 0. The number of aryl methyl sites for hydroxylation is 1. The first-order chi connectivity index (χ1) is 20.3. The molecule has 1 aliphatic rings. The number of aromatic amines is 1.